The molecule has 0 bridgehead atoms. The van der Waals surface area contributed by atoms with Crippen LogP contribution in [0.25, 0.3) is 0 Å². The summed E-state index contributed by atoms with van der Waals surface area (Å²) in [5.74, 6) is -0.434. The highest BCUT2D eigenvalue weighted by Gasteiger charge is 2.22. The molecule has 1 aliphatic rings. The molecule has 1 atom stereocenters. The van der Waals surface area contributed by atoms with Crippen LogP contribution in [0.4, 0.5) is 16.2 Å². The number of ether oxygens (including phenoxy) is 1. The van der Waals surface area contributed by atoms with Crippen molar-refractivity contribution in [1.29, 1.82) is 0 Å². The van der Waals surface area contributed by atoms with Gasteiger partial charge in [-0.2, -0.15) is 0 Å². The van der Waals surface area contributed by atoms with Crippen molar-refractivity contribution in [3.63, 3.8) is 0 Å². The molecule has 0 aromatic heterocycles. The van der Waals surface area contributed by atoms with Gasteiger partial charge in [-0.05, 0) is 51.5 Å². The summed E-state index contributed by atoms with van der Waals surface area (Å²) in [7, 11) is 0. The largest absolute Gasteiger partial charge is 0.444 e. The molecule has 0 fully saturated rings. The smallest absolute Gasteiger partial charge is 0.408 e. The first-order valence-corrected chi connectivity index (χ1v) is 7.37. The number of amides is 3. The van der Waals surface area contributed by atoms with Crippen LogP contribution in [0.1, 0.15) is 33.3 Å². The number of carbonyl (C=O) groups is 3. The molecule has 2 rings (SSSR count). The molecule has 7 heteroatoms. The molecular formula is C16H21N3O4. The Hall–Kier alpha value is -2.57. The SMILES string of the molecule is CC(NC(=O)OC(C)(C)C)C(=O)Nc1ccc2c(c1)CC(=O)N2. The first kappa shape index (κ1) is 16.8. The topological polar surface area (TPSA) is 96.5 Å². The highest BCUT2D eigenvalue weighted by Crippen LogP contribution is 2.26. The van der Waals surface area contributed by atoms with E-state index < -0.39 is 17.7 Å². The van der Waals surface area contributed by atoms with Gasteiger partial charge in [0, 0.05) is 11.4 Å². The van der Waals surface area contributed by atoms with Crippen LogP contribution in [0.15, 0.2) is 18.2 Å². The van der Waals surface area contributed by atoms with E-state index in [4.69, 9.17) is 4.74 Å². The summed E-state index contributed by atoms with van der Waals surface area (Å²) in [5, 5.41) is 7.91. The van der Waals surface area contributed by atoms with E-state index in [9.17, 15) is 14.4 Å². The molecule has 0 saturated heterocycles. The van der Waals surface area contributed by atoms with Crippen LogP contribution >= 0.6 is 0 Å². The molecule has 7 nitrogen and oxygen atoms in total. The number of nitrogens with one attached hydrogen (secondary N) is 3. The van der Waals surface area contributed by atoms with Crippen LogP contribution in [-0.4, -0.2) is 29.6 Å². The lowest BCUT2D eigenvalue weighted by molar-refractivity contribution is -0.118. The Morgan fingerprint density at radius 2 is 2.00 bits per heavy atom. The van der Waals surface area contributed by atoms with Gasteiger partial charge in [0.1, 0.15) is 11.6 Å². The van der Waals surface area contributed by atoms with E-state index in [-0.39, 0.29) is 11.8 Å². The third-order valence-corrected chi connectivity index (χ3v) is 3.12. The second kappa shape index (κ2) is 6.28. The maximum atomic E-state index is 12.1. The molecule has 1 heterocycles. The first-order valence-electron chi connectivity index (χ1n) is 7.37. The number of hydrogen-bond acceptors (Lipinski definition) is 4. The molecule has 0 aliphatic carbocycles. The van der Waals surface area contributed by atoms with Crippen molar-refractivity contribution in [2.45, 2.75) is 45.8 Å². The van der Waals surface area contributed by atoms with E-state index >= 15 is 0 Å². The number of hydrogen-bond donors (Lipinski definition) is 3. The Balaban J connectivity index is 1.93. The summed E-state index contributed by atoms with van der Waals surface area (Å²) in [6, 6.07) is 4.42. The minimum atomic E-state index is -0.752. The quantitative estimate of drug-likeness (QED) is 0.794. The number of alkyl carbamates (subject to hydrolysis) is 1. The lowest BCUT2D eigenvalue weighted by Crippen LogP contribution is -2.43. The maximum Gasteiger partial charge on any atom is 0.408 e. The molecule has 124 valence electrons. The number of rotatable bonds is 3. The van der Waals surface area contributed by atoms with Crippen molar-refractivity contribution in [1.82, 2.24) is 5.32 Å². The number of benzene rings is 1. The third kappa shape index (κ3) is 4.70. The molecule has 1 aromatic rings. The summed E-state index contributed by atoms with van der Waals surface area (Å²) in [4.78, 5) is 35.1. The van der Waals surface area contributed by atoms with E-state index in [1.54, 1.807) is 45.9 Å². The zero-order valence-electron chi connectivity index (χ0n) is 13.6. The van der Waals surface area contributed by atoms with Crippen LogP contribution < -0.4 is 16.0 Å². The Kier molecular flexibility index (Phi) is 4.58. The highest BCUT2D eigenvalue weighted by atomic mass is 16.6. The Labute approximate surface area is 134 Å². The standard InChI is InChI=1S/C16H21N3O4/c1-9(17-15(22)23-16(2,3)4)14(21)18-11-5-6-12-10(7-11)8-13(20)19-12/h5-7,9H,8H2,1-4H3,(H,17,22)(H,18,21)(H,19,20). The average Bonchev–Trinajstić information content (AvgIpc) is 2.75. The number of carbonyl (C=O) groups excluding carboxylic acids is 3. The lowest BCUT2D eigenvalue weighted by atomic mass is 10.1. The van der Waals surface area contributed by atoms with Gasteiger partial charge in [-0.15, -0.1) is 0 Å². The van der Waals surface area contributed by atoms with Gasteiger partial charge in [0.2, 0.25) is 11.8 Å². The van der Waals surface area contributed by atoms with Crippen molar-refractivity contribution < 1.29 is 19.1 Å². The molecular weight excluding hydrogens is 298 g/mol. The number of anilines is 2. The zero-order chi connectivity index (χ0) is 17.2. The molecule has 1 aromatic carbocycles. The summed E-state index contributed by atoms with van der Waals surface area (Å²) in [6.45, 7) is 6.81. The summed E-state index contributed by atoms with van der Waals surface area (Å²) >= 11 is 0. The van der Waals surface area contributed by atoms with Crippen LogP contribution in [0.5, 0.6) is 0 Å². The van der Waals surface area contributed by atoms with Gasteiger partial charge in [0.15, 0.2) is 0 Å². The van der Waals surface area contributed by atoms with Crippen LogP contribution in [0.2, 0.25) is 0 Å². The Bertz CT molecular complexity index is 649. The van der Waals surface area contributed by atoms with Crippen molar-refractivity contribution >= 4 is 29.3 Å². The summed E-state index contributed by atoms with van der Waals surface area (Å²) in [5.41, 5.74) is 1.54. The zero-order valence-corrected chi connectivity index (χ0v) is 13.6. The minimum Gasteiger partial charge on any atom is -0.444 e. The normalized spacial score (nSPS) is 14.5. The fourth-order valence-electron chi connectivity index (χ4n) is 2.11. The molecule has 0 radical (unpaired) electrons. The van der Waals surface area contributed by atoms with Gasteiger partial charge >= 0.3 is 6.09 Å². The van der Waals surface area contributed by atoms with Gasteiger partial charge in [-0.1, -0.05) is 0 Å². The van der Waals surface area contributed by atoms with Crippen molar-refractivity contribution in [3.8, 4) is 0 Å². The van der Waals surface area contributed by atoms with Crippen molar-refractivity contribution in [3.05, 3.63) is 23.8 Å². The fourth-order valence-corrected chi connectivity index (χ4v) is 2.11. The van der Waals surface area contributed by atoms with E-state index in [1.165, 1.54) is 0 Å². The molecule has 3 amide bonds. The van der Waals surface area contributed by atoms with Gasteiger partial charge in [0.05, 0.1) is 6.42 Å². The fraction of sp³-hybridized carbons (Fsp3) is 0.438. The number of fused-ring (bicyclic) bond motifs is 1. The van der Waals surface area contributed by atoms with Crippen molar-refractivity contribution in [2.75, 3.05) is 10.6 Å². The van der Waals surface area contributed by atoms with E-state index in [0.29, 0.717) is 12.1 Å². The van der Waals surface area contributed by atoms with E-state index in [2.05, 4.69) is 16.0 Å². The molecule has 1 aliphatic heterocycles. The second-order valence-electron chi connectivity index (χ2n) is 6.45. The monoisotopic (exact) mass is 319 g/mol. The van der Waals surface area contributed by atoms with E-state index in [0.717, 1.165) is 11.3 Å². The van der Waals surface area contributed by atoms with Crippen LogP contribution in [0, 0.1) is 0 Å². The van der Waals surface area contributed by atoms with Gasteiger partial charge < -0.3 is 20.7 Å². The minimum absolute atomic E-state index is 0.0663. The lowest BCUT2D eigenvalue weighted by Gasteiger charge is -2.21. The summed E-state index contributed by atoms with van der Waals surface area (Å²) in [6.07, 6.45) is -0.353. The molecule has 23 heavy (non-hydrogen) atoms. The predicted octanol–water partition coefficient (Wildman–Crippen LogP) is 2.03. The average molecular weight is 319 g/mol. The van der Waals surface area contributed by atoms with Gasteiger partial charge in [-0.25, -0.2) is 4.79 Å². The van der Waals surface area contributed by atoms with Crippen molar-refractivity contribution in [2.24, 2.45) is 0 Å². The van der Waals surface area contributed by atoms with Gasteiger partial charge in [0.25, 0.3) is 0 Å². The highest BCUT2D eigenvalue weighted by molar-refractivity contribution is 6.01. The third-order valence-electron chi connectivity index (χ3n) is 3.12. The predicted molar refractivity (Wildman–Crippen MR) is 86.2 cm³/mol. The summed E-state index contributed by atoms with van der Waals surface area (Å²) < 4.78 is 5.11. The van der Waals surface area contributed by atoms with E-state index in [1.807, 2.05) is 0 Å². The molecule has 0 saturated carbocycles. The van der Waals surface area contributed by atoms with Gasteiger partial charge in [-0.3, -0.25) is 9.59 Å². The van der Waals surface area contributed by atoms with Crippen LogP contribution in [-0.2, 0) is 20.7 Å². The van der Waals surface area contributed by atoms with Crippen LogP contribution in [0.3, 0.4) is 0 Å². The Morgan fingerprint density at radius 3 is 2.65 bits per heavy atom. The maximum absolute atomic E-state index is 12.1. The molecule has 0 spiro atoms. The first-order chi connectivity index (χ1) is 10.6. The Morgan fingerprint density at radius 1 is 1.30 bits per heavy atom. The molecule has 1 unspecified atom stereocenters. The second-order valence-corrected chi connectivity index (χ2v) is 6.45. The molecule has 3 N–H and O–H groups in total.